The Morgan fingerprint density at radius 1 is 1.20 bits per heavy atom. The lowest BCUT2D eigenvalue weighted by molar-refractivity contribution is 0.103. The van der Waals surface area contributed by atoms with E-state index in [0.717, 1.165) is 30.4 Å². The maximum atomic E-state index is 10.4. The Bertz CT molecular complexity index is 433. The second kappa shape index (κ2) is 6.73. The maximum absolute atomic E-state index is 10.4. The Kier molecular flexibility index (Phi) is 5.22. The summed E-state index contributed by atoms with van der Waals surface area (Å²) in [6.07, 6.45) is 1.85. The molecule has 0 aliphatic carbocycles. The summed E-state index contributed by atoms with van der Waals surface area (Å²) in [4.78, 5) is 2.52. The van der Waals surface area contributed by atoms with Crippen LogP contribution in [-0.2, 0) is 0 Å². The number of benzene rings is 1. The van der Waals surface area contributed by atoms with Gasteiger partial charge in [0, 0.05) is 19.6 Å². The van der Waals surface area contributed by atoms with Crippen molar-refractivity contribution in [2.75, 3.05) is 19.6 Å². The van der Waals surface area contributed by atoms with E-state index in [1.54, 1.807) is 0 Å². The van der Waals surface area contributed by atoms with Gasteiger partial charge in [0.25, 0.3) is 0 Å². The van der Waals surface area contributed by atoms with E-state index in [2.05, 4.69) is 50.8 Å². The number of hydrogen-bond acceptors (Lipinski definition) is 2. The van der Waals surface area contributed by atoms with Gasteiger partial charge in [-0.05, 0) is 49.7 Å². The fourth-order valence-corrected chi connectivity index (χ4v) is 3.63. The van der Waals surface area contributed by atoms with Crippen LogP contribution in [0.2, 0.25) is 0 Å². The van der Waals surface area contributed by atoms with Crippen molar-refractivity contribution in [3.63, 3.8) is 0 Å². The Morgan fingerprint density at radius 2 is 1.85 bits per heavy atom. The van der Waals surface area contributed by atoms with Gasteiger partial charge in [-0.1, -0.05) is 37.6 Å². The zero-order valence-corrected chi connectivity index (χ0v) is 13.4. The second-order valence-corrected chi connectivity index (χ2v) is 6.87. The molecule has 1 fully saturated rings. The molecule has 3 unspecified atom stereocenters. The van der Waals surface area contributed by atoms with Gasteiger partial charge in [-0.3, -0.25) is 0 Å². The van der Waals surface area contributed by atoms with Crippen LogP contribution in [0.4, 0.5) is 0 Å². The third-order valence-corrected chi connectivity index (χ3v) is 4.45. The highest BCUT2D eigenvalue weighted by molar-refractivity contribution is 5.31. The number of rotatable bonds is 4. The average Bonchev–Trinajstić information content (AvgIpc) is 2.35. The van der Waals surface area contributed by atoms with E-state index in [-0.39, 0.29) is 6.10 Å². The SMILES string of the molecule is Cc1ccc(C(O)CCN2CC(C)CC(C)C2)c(C)c1. The summed E-state index contributed by atoms with van der Waals surface area (Å²) in [6.45, 7) is 12.2. The number of piperidine rings is 1. The van der Waals surface area contributed by atoms with Crippen LogP contribution in [0, 0.1) is 25.7 Å². The van der Waals surface area contributed by atoms with E-state index in [4.69, 9.17) is 0 Å². The first-order chi connectivity index (χ1) is 9.45. The summed E-state index contributed by atoms with van der Waals surface area (Å²) >= 11 is 0. The van der Waals surface area contributed by atoms with Gasteiger partial charge in [-0.25, -0.2) is 0 Å². The van der Waals surface area contributed by atoms with Gasteiger partial charge >= 0.3 is 0 Å². The normalized spacial score (nSPS) is 25.6. The van der Waals surface area contributed by atoms with E-state index in [9.17, 15) is 5.11 Å². The zero-order valence-electron chi connectivity index (χ0n) is 13.4. The van der Waals surface area contributed by atoms with E-state index >= 15 is 0 Å². The predicted octanol–water partition coefficient (Wildman–Crippen LogP) is 3.70. The van der Waals surface area contributed by atoms with Crippen LogP contribution in [-0.4, -0.2) is 29.6 Å². The van der Waals surface area contributed by atoms with E-state index in [1.165, 1.54) is 30.6 Å². The molecule has 1 heterocycles. The molecular weight excluding hydrogens is 246 g/mol. The van der Waals surface area contributed by atoms with E-state index in [0.29, 0.717) is 0 Å². The highest BCUT2D eigenvalue weighted by atomic mass is 16.3. The first kappa shape index (κ1) is 15.5. The van der Waals surface area contributed by atoms with Crippen molar-refractivity contribution in [3.8, 4) is 0 Å². The van der Waals surface area contributed by atoms with Crippen molar-refractivity contribution in [1.29, 1.82) is 0 Å². The third kappa shape index (κ3) is 4.07. The van der Waals surface area contributed by atoms with Gasteiger partial charge < -0.3 is 10.0 Å². The van der Waals surface area contributed by atoms with Crippen molar-refractivity contribution < 1.29 is 5.11 Å². The highest BCUT2D eigenvalue weighted by Crippen LogP contribution is 2.25. The van der Waals surface area contributed by atoms with Gasteiger partial charge in [-0.15, -0.1) is 0 Å². The molecule has 1 aliphatic rings. The fourth-order valence-electron chi connectivity index (χ4n) is 3.63. The summed E-state index contributed by atoms with van der Waals surface area (Å²) in [5, 5.41) is 10.4. The quantitative estimate of drug-likeness (QED) is 0.905. The number of nitrogens with zero attached hydrogens (tertiary/aromatic N) is 1. The Balaban J connectivity index is 1.90. The first-order valence-electron chi connectivity index (χ1n) is 7.93. The molecule has 0 amide bonds. The van der Waals surface area contributed by atoms with Crippen LogP contribution in [0.5, 0.6) is 0 Å². The molecule has 1 N–H and O–H groups in total. The molecule has 2 heteroatoms. The van der Waals surface area contributed by atoms with Crippen molar-refractivity contribution in [1.82, 2.24) is 4.90 Å². The minimum atomic E-state index is -0.330. The minimum Gasteiger partial charge on any atom is -0.388 e. The fraction of sp³-hybridized carbons (Fsp3) is 0.667. The smallest absolute Gasteiger partial charge is 0.0804 e. The summed E-state index contributed by atoms with van der Waals surface area (Å²) in [7, 11) is 0. The lowest BCUT2D eigenvalue weighted by Gasteiger charge is -2.35. The van der Waals surface area contributed by atoms with Gasteiger partial charge in [0.2, 0.25) is 0 Å². The summed E-state index contributed by atoms with van der Waals surface area (Å²) in [5.41, 5.74) is 3.56. The average molecular weight is 275 g/mol. The molecule has 1 aromatic rings. The number of likely N-dealkylation sites (tertiary alicyclic amines) is 1. The van der Waals surface area contributed by atoms with Gasteiger partial charge in [0.1, 0.15) is 0 Å². The Labute approximate surface area is 123 Å². The molecule has 2 nitrogen and oxygen atoms in total. The maximum Gasteiger partial charge on any atom is 0.0804 e. The molecule has 0 saturated carbocycles. The summed E-state index contributed by atoms with van der Waals surface area (Å²) < 4.78 is 0. The third-order valence-electron chi connectivity index (χ3n) is 4.45. The van der Waals surface area contributed by atoms with Crippen LogP contribution >= 0.6 is 0 Å². The van der Waals surface area contributed by atoms with Crippen LogP contribution in [0.15, 0.2) is 18.2 Å². The van der Waals surface area contributed by atoms with Gasteiger partial charge in [0.15, 0.2) is 0 Å². The largest absolute Gasteiger partial charge is 0.388 e. The van der Waals surface area contributed by atoms with Crippen molar-refractivity contribution in [3.05, 3.63) is 34.9 Å². The molecule has 2 rings (SSSR count). The predicted molar refractivity (Wildman–Crippen MR) is 84.9 cm³/mol. The van der Waals surface area contributed by atoms with Gasteiger partial charge in [0.05, 0.1) is 6.10 Å². The highest BCUT2D eigenvalue weighted by Gasteiger charge is 2.22. The monoisotopic (exact) mass is 275 g/mol. The number of aliphatic hydroxyl groups excluding tert-OH is 1. The number of aliphatic hydroxyl groups is 1. The van der Waals surface area contributed by atoms with Crippen LogP contribution in [0.1, 0.15) is 49.5 Å². The van der Waals surface area contributed by atoms with Crippen LogP contribution in [0.3, 0.4) is 0 Å². The van der Waals surface area contributed by atoms with Crippen LogP contribution in [0.25, 0.3) is 0 Å². The van der Waals surface area contributed by atoms with Crippen molar-refractivity contribution in [2.45, 2.75) is 46.6 Å². The standard InChI is InChI=1S/C18H29NO/c1-13-5-6-17(16(4)10-13)18(20)7-8-19-11-14(2)9-15(3)12-19/h5-6,10,14-15,18,20H,7-9,11-12H2,1-4H3. The molecule has 0 radical (unpaired) electrons. The second-order valence-electron chi connectivity index (χ2n) is 6.87. The van der Waals surface area contributed by atoms with Crippen LogP contribution < -0.4 is 0 Å². The molecule has 0 spiro atoms. The molecule has 3 atom stereocenters. The summed E-state index contributed by atoms with van der Waals surface area (Å²) in [5.74, 6) is 1.58. The van der Waals surface area contributed by atoms with E-state index < -0.39 is 0 Å². The lowest BCUT2D eigenvalue weighted by Crippen LogP contribution is -2.39. The Hall–Kier alpha value is -0.860. The molecule has 0 bridgehead atoms. The molecule has 112 valence electrons. The lowest BCUT2D eigenvalue weighted by atomic mass is 9.91. The number of aryl methyl sites for hydroxylation is 2. The minimum absolute atomic E-state index is 0.330. The molecular formula is C18H29NO. The molecule has 1 aliphatic heterocycles. The number of hydrogen-bond donors (Lipinski definition) is 1. The molecule has 20 heavy (non-hydrogen) atoms. The molecule has 1 saturated heterocycles. The molecule has 0 aromatic heterocycles. The van der Waals surface area contributed by atoms with Gasteiger partial charge in [-0.2, -0.15) is 0 Å². The van der Waals surface area contributed by atoms with Crippen molar-refractivity contribution in [2.24, 2.45) is 11.8 Å². The van der Waals surface area contributed by atoms with E-state index in [1.807, 2.05) is 0 Å². The Morgan fingerprint density at radius 3 is 2.45 bits per heavy atom. The zero-order chi connectivity index (χ0) is 14.7. The molecule has 1 aromatic carbocycles. The summed E-state index contributed by atoms with van der Waals surface area (Å²) in [6, 6.07) is 6.33. The topological polar surface area (TPSA) is 23.5 Å². The first-order valence-corrected chi connectivity index (χ1v) is 7.93. The van der Waals surface area contributed by atoms with Crippen molar-refractivity contribution >= 4 is 0 Å².